The molecule has 0 radical (unpaired) electrons. The van der Waals surface area contributed by atoms with Crippen LogP contribution in [0.25, 0.3) is 0 Å². The first-order chi connectivity index (χ1) is 8.65. The summed E-state index contributed by atoms with van der Waals surface area (Å²) in [4.78, 5) is 18.6. The first kappa shape index (κ1) is 13.5. The Hall–Kier alpha value is -0.940. The third-order valence-corrected chi connectivity index (χ3v) is 4.63. The minimum Gasteiger partial charge on any atom is -0.481 e. The second-order valence-electron chi connectivity index (χ2n) is 5.00. The zero-order valence-electron chi connectivity index (χ0n) is 10.8. The van der Waals surface area contributed by atoms with Crippen LogP contribution in [-0.2, 0) is 11.2 Å². The molecule has 5 heteroatoms. The van der Waals surface area contributed by atoms with Crippen LogP contribution in [0.5, 0.6) is 0 Å². The molecule has 1 aliphatic rings. The Kier molecular flexibility index (Phi) is 4.72. The molecule has 1 aromatic heterocycles. The highest BCUT2D eigenvalue weighted by Gasteiger charge is 2.22. The fourth-order valence-corrected chi connectivity index (χ4v) is 3.28. The molecular formula is C13H20N2O2S. The lowest BCUT2D eigenvalue weighted by molar-refractivity contribution is -0.137. The Morgan fingerprint density at radius 1 is 1.67 bits per heavy atom. The maximum absolute atomic E-state index is 10.5. The van der Waals surface area contributed by atoms with Crippen LogP contribution < -0.4 is 0 Å². The van der Waals surface area contributed by atoms with Crippen molar-refractivity contribution < 1.29 is 9.90 Å². The molecule has 2 heterocycles. The monoisotopic (exact) mass is 268 g/mol. The van der Waals surface area contributed by atoms with E-state index in [1.807, 2.05) is 5.51 Å². The van der Waals surface area contributed by atoms with Gasteiger partial charge in [0, 0.05) is 24.4 Å². The molecule has 1 atom stereocenters. The summed E-state index contributed by atoms with van der Waals surface area (Å²) in [6, 6.07) is 0. The fraction of sp³-hybridized carbons (Fsp3) is 0.692. The van der Waals surface area contributed by atoms with E-state index in [0.29, 0.717) is 12.3 Å². The van der Waals surface area contributed by atoms with Crippen molar-refractivity contribution in [3.8, 4) is 0 Å². The maximum atomic E-state index is 10.5. The molecule has 0 saturated carbocycles. The molecule has 0 aliphatic carbocycles. The lowest BCUT2D eigenvalue weighted by Gasteiger charge is -2.15. The van der Waals surface area contributed by atoms with Crippen molar-refractivity contribution in [3.05, 3.63) is 16.1 Å². The van der Waals surface area contributed by atoms with E-state index in [9.17, 15) is 4.79 Å². The molecule has 100 valence electrons. The summed E-state index contributed by atoms with van der Waals surface area (Å²) in [5, 5.41) is 8.68. The van der Waals surface area contributed by atoms with Gasteiger partial charge in [0.2, 0.25) is 0 Å². The first-order valence-electron chi connectivity index (χ1n) is 6.48. The molecule has 1 fully saturated rings. The van der Waals surface area contributed by atoms with Crippen LogP contribution in [0.3, 0.4) is 0 Å². The van der Waals surface area contributed by atoms with Crippen molar-refractivity contribution in [2.45, 2.75) is 32.6 Å². The summed E-state index contributed by atoms with van der Waals surface area (Å²) in [5.41, 5.74) is 3.06. The highest BCUT2D eigenvalue weighted by atomic mass is 32.1. The summed E-state index contributed by atoms with van der Waals surface area (Å²) in [5.74, 6) is -0.0996. The number of aliphatic carboxylic acids is 1. The van der Waals surface area contributed by atoms with Gasteiger partial charge in [-0.25, -0.2) is 4.98 Å². The van der Waals surface area contributed by atoms with Crippen LogP contribution in [0.1, 0.15) is 29.8 Å². The quantitative estimate of drug-likeness (QED) is 0.859. The SMILES string of the molecule is Cc1ncsc1CCN1CCC(CCC(=O)O)C1. The Morgan fingerprint density at radius 3 is 3.17 bits per heavy atom. The molecule has 0 aromatic carbocycles. The molecule has 1 saturated heterocycles. The minimum atomic E-state index is -0.672. The molecule has 1 unspecified atom stereocenters. The summed E-state index contributed by atoms with van der Waals surface area (Å²) in [6.07, 6.45) is 3.36. The van der Waals surface area contributed by atoms with E-state index in [4.69, 9.17) is 5.11 Å². The normalized spacial score (nSPS) is 20.4. The van der Waals surface area contributed by atoms with Crippen LogP contribution >= 0.6 is 11.3 Å². The molecule has 1 aliphatic heterocycles. The highest BCUT2D eigenvalue weighted by Crippen LogP contribution is 2.22. The Bertz CT molecular complexity index is 405. The number of carboxylic acids is 1. The van der Waals surface area contributed by atoms with Gasteiger partial charge >= 0.3 is 5.97 Å². The largest absolute Gasteiger partial charge is 0.481 e. The smallest absolute Gasteiger partial charge is 0.303 e. The van der Waals surface area contributed by atoms with E-state index in [-0.39, 0.29) is 0 Å². The van der Waals surface area contributed by atoms with Gasteiger partial charge in [-0.05, 0) is 38.6 Å². The Labute approximate surface area is 112 Å². The van der Waals surface area contributed by atoms with Gasteiger partial charge in [0.05, 0.1) is 11.2 Å². The number of hydrogen-bond donors (Lipinski definition) is 1. The van der Waals surface area contributed by atoms with Gasteiger partial charge in [-0.2, -0.15) is 0 Å². The van der Waals surface area contributed by atoms with E-state index < -0.39 is 5.97 Å². The average molecular weight is 268 g/mol. The minimum absolute atomic E-state index is 0.312. The van der Waals surface area contributed by atoms with Crippen LogP contribution in [0.15, 0.2) is 5.51 Å². The van der Waals surface area contributed by atoms with Crippen molar-refractivity contribution in [2.75, 3.05) is 19.6 Å². The predicted octanol–water partition coefficient (Wildman–Crippen LogP) is 2.18. The van der Waals surface area contributed by atoms with Gasteiger partial charge in [-0.3, -0.25) is 4.79 Å². The number of nitrogens with zero attached hydrogens (tertiary/aromatic N) is 2. The van der Waals surface area contributed by atoms with Crippen molar-refractivity contribution in [3.63, 3.8) is 0 Å². The summed E-state index contributed by atoms with van der Waals surface area (Å²) >= 11 is 1.73. The third kappa shape index (κ3) is 3.78. The molecule has 1 N–H and O–H groups in total. The van der Waals surface area contributed by atoms with Crippen LogP contribution in [0.2, 0.25) is 0 Å². The number of rotatable bonds is 6. The second-order valence-corrected chi connectivity index (χ2v) is 5.94. The zero-order chi connectivity index (χ0) is 13.0. The van der Waals surface area contributed by atoms with E-state index >= 15 is 0 Å². The second kappa shape index (κ2) is 6.29. The zero-order valence-corrected chi connectivity index (χ0v) is 11.6. The van der Waals surface area contributed by atoms with Gasteiger partial charge in [0.15, 0.2) is 0 Å². The lowest BCUT2D eigenvalue weighted by Crippen LogP contribution is -2.23. The lowest BCUT2D eigenvalue weighted by atomic mass is 10.0. The van der Waals surface area contributed by atoms with E-state index in [2.05, 4.69) is 16.8 Å². The molecule has 2 rings (SSSR count). The number of aryl methyl sites for hydroxylation is 1. The van der Waals surface area contributed by atoms with Crippen LogP contribution in [0, 0.1) is 12.8 Å². The number of aromatic nitrogens is 1. The molecule has 0 amide bonds. The standard InChI is InChI=1S/C13H20N2O2S/c1-10-12(18-9-14-10)5-7-15-6-4-11(8-15)2-3-13(16)17/h9,11H,2-8H2,1H3,(H,16,17). The van der Waals surface area contributed by atoms with Crippen molar-refractivity contribution >= 4 is 17.3 Å². The van der Waals surface area contributed by atoms with Gasteiger partial charge in [-0.1, -0.05) is 0 Å². The highest BCUT2D eigenvalue weighted by molar-refractivity contribution is 7.09. The fourth-order valence-electron chi connectivity index (χ4n) is 2.50. The van der Waals surface area contributed by atoms with Crippen molar-refractivity contribution in [2.24, 2.45) is 5.92 Å². The Balaban J connectivity index is 1.70. The number of carboxylic acid groups (broad SMARTS) is 1. The molecule has 4 nitrogen and oxygen atoms in total. The first-order valence-corrected chi connectivity index (χ1v) is 7.36. The number of thiazole rings is 1. The third-order valence-electron chi connectivity index (χ3n) is 3.64. The topological polar surface area (TPSA) is 53.4 Å². The van der Waals surface area contributed by atoms with Crippen molar-refractivity contribution in [1.82, 2.24) is 9.88 Å². The maximum Gasteiger partial charge on any atom is 0.303 e. The predicted molar refractivity (Wildman–Crippen MR) is 72.0 cm³/mol. The summed E-state index contributed by atoms with van der Waals surface area (Å²) in [6.45, 7) is 5.31. The van der Waals surface area contributed by atoms with E-state index in [0.717, 1.165) is 44.6 Å². The molecule has 0 spiro atoms. The number of hydrogen-bond acceptors (Lipinski definition) is 4. The molecule has 18 heavy (non-hydrogen) atoms. The molecular weight excluding hydrogens is 248 g/mol. The summed E-state index contributed by atoms with van der Waals surface area (Å²) < 4.78 is 0. The van der Waals surface area contributed by atoms with Crippen molar-refractivity contribution in [1.29, 1.82) is 0 Å². The van der Waals surface area contributed by atoms with Crippen LogP contribution in [0.4, 0.5) is 0 Å². The Morgan fingerprint density at radius 2 is 2.50 bits per heavy atom. The van der Waals surface area contributed by atoms with Gasteiger partial charge in [-0.15, -0.1) is 11.3 Å². The molecule has 0 bridgehead atoms. The summed E-state index contributed by atoms with van der Waals surface area (Å²) in [7, 11) is 0. The van der Waals surface area contributed by atoms with E-state index in [1.165, 1.54) is 4.88 Å². The average Bonchev–Trinajstić information content (AvgIpc) is 2.93. The van der Waals surface area contributed by atoms with E-state index in [1.54, 1.807) is 11.3 Å². The van der Waals surface area contributed by atoms with Gasteiger partial charge in [0.1, 0.15) is 0 Å². The van der Waals surface area contributed by atoms with Crippen LogP contribution in [-0.4, -0.2) is 40.6 Å². The number of carbonyl (C=O) groups is 1. The van der Waals surface area contributed by atoms with Gasteiger partial charge < -0.3 is 10.0 Å². The number of likely N-dealkylation sites (tertiary alicyclic amines) is 1. The van der Waals surface area contributed by atoms with Gasteiger partial charge in [0.25, 0.3) is 0 Å². The molecule has 1 aromatic rings.